The smallest absolute Gasteiger partial charge is 0.350 e. The van der Waals surface area contributed by atoms with E-state index in [2.05, 4.69) is 10.3 Å². The number of allylic oxidation sites excluding steroid dienone is 3. The lowest BCUT2D eigenvalue weighted by atomic mass is 9.95. The van der Waals surface area contributed by atoms with E-state index in [1.54, 1.807) is 31.4 Å². The first kappa shape index (κ1) is 16.1. The summed E-state index contributed by atoms with van der Waals surface area (Å²) in [6.45, 7) is 1.38. The zero-order chi connectivity index (χ0) is 16.9. The zero-order valence-electron chi connectivity index (χ0n) is 13.4. The number of hydrogen-bond acceptors (Lipinski definition) is 4. The van der Waals surface area contributed by atoms with E-state index in [0.29, 0.717) is 18.8 Å². The van der Waals surface area contributed by atoms with E-state index >= 15 is 0 Å². The van der Waals surface area contributed by atoms with E-state index in [4.69, 9.17) is 4.74 Å². The number of amides is 3. The lowest BCUT2D eigenvalue weighted by Gasteiger charge is -2.28. The first-order valence-electron chi connectivity index (χ1n) is 7.82. The summed E-state index contributed by atoms with van der Waals surface area (Å²) in [6.07, 6.45) is 7.05. The highest BCUT2D eigenvalue weighted by Gasteiger charge is 2.35. The molecule has 3 amide bonds. The number of fused-ring (bicyclic) bond motifs is 1. The zero-order valence-corrected chi connectivity index (χ0v) is 13.4. The fraction of sp³-hybridized carbons (Fsp3) is 0.278. The van der Waals surface area contributed by atoms with Gasteiger partial charge in [-0.05, 0) is 12.1 Å². The second-order valence-electron chi connectivity index (χ2n) is 5.52. The number of nitrogens with one attached hydrogen (secondary N) is 1. The van der Waals surface area contributed by atoms with Crippen molar-refractivity contribution in [3.05, 3.63) is 54.1 Å². The number of hydrogen-bond donors (Lipinski definition) is 1. The van der Waals surface area contributed by atoms with Crippen LogP contribution < -0.4 is 10.1 Å². The van der Waals surface area contributed by atoms with Crippen molar-refractivity contribution in [3.63, 3.8) is 0 Å². The van der Waals surface area contributed by atoms with E-state index in [0.717, 1.165) is 11.3 Å². The van der Waals surface area contributed by atoms with Crippen molar-refractivity contribution in [3.8, 4) is 5.75 Å². The predicted octanol–water partition coefficient (Wildman–Crippen LogP) is 1.93. The van der Waals surface area contributed by atoms with Crippen molar-refractivity contribution < 1.29 is 14.3 Å². The van der Waals surface area contributed by atoms with E-state index < -0.39 is 11.9 Å². The van der Waals surface area contributed by atoms with Crippen molar-refractivity contribution in [2.45, 2.75) is 6.54 Å². The summed E-state index contributed by atoms with van der Waals surface area (Å²) in [5, 5.41) is 3.23. The number of benzene rings is 1. The predicted molar refractivity (Wildman–Crippen MR) is 91.0 cm³/mol. The van der Waals surface area contributed by atoms with Crippen molar-refractivity contribution >= 4 is 17.6 Å². The molecule has 0 aromatic heterocycles. The minimum Gasteiger partial charge on any atom is -0.496 e. The summed E-state index contributed by atoms with van der Waals surface area (Å²) in [6, 6.07) is 7.23. The Hall–Kier alpha value is -2.73. The molecule has 0 saturated heterocycles. The lowest BCUT2D eigenvalue weighted by Crippen LogP contribution is -2.48. The molecule has 124 valence electrons. The van der Waals surface area contributed by atoms with Gasteiger partial charge in [0.2, 0.25) is 5.91 Å². The van der Waals surface area contributed by atoms with Gasteiger partial charge in [0, 0.05) is 25.2 Å². The Labute approximate surface area is 140 Å². The molecule has 6 nitrogen and oxygen atoms in total. The largest absolute Gasteiger partial charge is 0.496 e. The van der Waals surface area contributed by atoms with Crippen LogP contribution in [-0.4, -0.2) is 42.7 Å². The van der Waals surface area contributed by atoms with Gasteiger partial charge >= 0.3 is 6.03 Å². The Bertz CT molecular complexity index is 737. The maximum absolute atomic E-state index is 12.4. The number of carbonyl (C=O) groups is 2. The number of rotatable bonds is 6. The topological polar surface area (TPSA) is 71.0 Å². The highest BCUT2D eigenvalue weighted by molar-refractivity contribution is 6.21. The van der Waals surface area contributed by atoms with Crippen LogP contribution in [0.4, 0.5) is 4.79 Å². The average Bonchev–Trinajstić information content (AvgIpc) is 2.61. The summed E-state index contributed by atoms with van der Waals surface area (Å²) in [4.78, 5) is 29.7. The number of imide groups is 1. The number of para-hydroxylation sites is 1. The van der Waals surface area contributed by atoms with Crippen molar-refractivity contribution in [1.29, 1.82) is 0 Å². The molecule has 0 radical (unpaired) electrons. The molecule has 1 aromatic rings. The van der Waals surface area contributed by atoms with Crippen LogP contribution >= 0.6 is 0 Å². The van der Waals surface area contributed by atoms with Crippen LogP contribution in [0.2, 0.25) is 0 Å². The Morgan fingerprint density at radius 1 is 1.25 bits per heavy atom. The molecule has 0 fully saturated rings. The van der Waals surface area contributed by atoms with E-state index in [-0.39, 0.29) is 12.5 Å². The maximum Gasteiger partial charge on any atom is 0.350 e. The SMILES string of the molecule is COc1ccccc1CNCCN1C(=O)N=C2C=CC=CC2C1=O. The van der Waals surface area contributed by atoms with E-state index in [9.17, 15) is 9.59 Å². The molecule has 1 unspecified atom stereocenters. The van der Waals surface area contributed by atoms with Gasteiger partial charge < -0.3 is 10.1 Å². The molecule has 2 aliphatic rings. The van der Waals surface area contributed by atoms with Crippen molar-refractivity contribution in [2.24, 2.45) is 10.9 Å². The fourth-order valence-corrected chi connectivity index (χ4v) is 2.75. The molecule has 1 N–H and O–H groups in total. The summed E-state index contributed by atoms with van der Waals surface area (Å²) in [5.41, 5.74) is 1.54. The Kier molecular flexibility index (Phi) is 4.86. The second kappa shape index (κ2) is 7.23. The average molecular weight is 325 g/mol. The van der Waals surface area contributed by atoms with Gasteiger partial charge in [0.25, 0.3) is 0 Å². The monoisotopic (exact) mass is 325 g/mol. The first-order valence-corrected chi connectivity index (χ1v) is 7.82. The lowest BCUT2D eigenvalue weighted by molar-refractivity contribution is -0.129. The molecule has 1 heterocycles. The highest BCUT2D eigenvalue weighted by atomic mass is 16.5. The fourth-order valence-electron chi connectivity index (χ4n) is 2.75. The summed E-state index contributed by atoms with van der Waals surface area (Å²) < 4.78 is 5.30. The summed E-state index contributed by atoms with van der Waals surface area (Å²) in [7, 11) is 1.63. The minimum atomic E-state index is -0.495. The number of urea groups is 1. The van der Waals surface area contributed by atoms with Crippen LogP contribution in [0.15, 0.2) is 53.6 Å². The second-order valence-corrected chi connectivity index (χ2v) is 5.52. The first-order chi connectivity index (χ1) is 11.7. The summed E-state index contributed by atoms with van der Waals surface area (Å²) in [5.74, 6) is 0.148. The van der Waals surface area contributed by atoms with Crippen LogP contribution in [-0.2, 0) is 11.3 Å². The quantitative estimate of drug-likeness (QED) is 0.811. The third-order valence-electron chi connectivity index (χ3n) is 4.01. The van der Waals surface area contributed by atoms with Gasteiger partial charge in [0.15, 0.2) is 0 Å². The van der Waals surface area contributed by atoms with Crippen LogP contribution in [0.3, 0.4) is 0 Å². The van der Waals surface area contributed by atoms with Crippen LogP contribution in [0.1, 0.15) is 5.56 Å². The molecule has 3 rings (SSSR count). The molecule has 24 heavy (non-hydrogen) atoms. The highest BCUT2D eigenvalue weighted by Crippen LogP contribution is 2.19. The Morgan fingerprint density at radius 2 is 2.08 bits per heavy atom. The van der Waals surface area contributed by atoms with Crippen molar-refractivity contribution in [1.82, 2.24) is 10.2 Å². The van der Waals surface area contributed by atoms with Crippen molar-refractivity contribution in [2.75, 3.05) is 20.2 Å². The third kappa shape index (κ3) is 3.28. The normalized spacial score (nSPS) is 19.3. The molecule has 0 saturated carbocycles. The maximum atomic E-state index is 12.4. The molecular weight excluding hydrogens is 306 g/mol. The molecule has 0 bridgehead atoms. The molecule has 0 spiro atoms. The molecule has 1 aliphatic heterocycles. The van der Waals surface area contributed by atoms with Gasteiger partial charge in [-0.1, -0.05) is 36.4 Å². The summed E-state index contributed by atoms with van der Waals surface area (Å²) >= 11 is 0. The van der Waals surface area contributed by atoms with Crippen LogP contribution in [0, 0.1) is 5.92 Å². The molecular formula is C18H19N3O3. The van der Waals surface area contributed by atoms with Gasteiger partial charge in [-0.25, -0.2) is 4.79 Å². The number of aliphatic imine (C=N–C) groups is 1. The van der Waals surface area contributed by atoms with Gasteiger partial charge in [-0.15, -0.1) is 0 Å². The molecule has 1 aliphatic carbocycles. The number of ether oxygens (including phenoxy) is 1. The Morgan fingerprint density at radius 3 is 2.92 bits per heavy atom. The third-order valence-corrected chi connectivity index (χ3v) is 4.01. The van der Waals surface area contributed by atoms with Crippen LogP contribution in [0.25, 0.3) is 0 Å². The number of carbonyl (C=O) groups excluding carboxylic acids is 2. The van der Waals surface area contributed by atoms with E-state index in [1.807, 2.05) is 24.3 Å². The number of methoxy groups -OCH3 is 1. The molecule has 6 heteroatoms. The van der Waals surface area contributed by atoms with Crippen LogP contribution in [0.5, 0.6) is 5.75 Å². The molecule has 1 atom stereocenters. The van der Waals surface area contributed by atoms with Gasteiger partial charge in [0.1, 0.15) is 5.75 Å². The standard InChI is InChI=1S/C18H19N3O3/c1-24-16-9-5-2-6-13(16)12-19-10-11-21-17(22)14-7-3-4-8-15(14)20-18(21)23/h2-9,14,19H,10-12H2,1H3. The van der Waals surface area contributed by atoms with Gasteiger partial charge in [-0.3, -0.25) is 9.69 Å². The Balaban J connectivity index is 1.56. The van der Waals surface area contributed by atoms with Gasteiger partial charge in [0.05, 0.1) is 18.7 Å². The number of nitrogens with zero attached hydrogens (tertiary/aromatic N) is 2. The molecule has 1 aromatic carbocycles. The minimum absolute atomic E-state index is 0.218. The van der Waals surface area contributed by atoms with E-state index in [1.165, 1.54) is 4.90 Å². The van der Waals surface area contributed by atoms with Gasteiger partial charge in [-0.2, -0.15) is 4.99 Å².